The first-order valence-corrected chi connectivity index (χ1v) is 7.62. The normalized spacial score (nSPS) is 19.7. The maximum Gasteiger partial charge on any atom is 0.243 e. The van der Waals surface area contributed by atoms with Crippen LogP contribution in [0.5, 0.6) is 0 Å². The Labute approximate surface area is 116 Å². The van der Waals surface area contributed by atoms with Crippen LogP contribution in [0, 0.1) is 12.7 Å². The number of nitrogens with two attached hydrogens (primary N) is 1. The summed E-state index contributed by atoms with van der Waals surface area (Å²) in [5.41, 5.74) is 5.91. The zero-order valence-electron chi connectivity index (χ0n) is 10.9. The summed E-state index contributed by atoms with van der Waals surface area (Å²) in [6, 6.07) is 2.01. The van der Waals surface area contributed by atoms with Crippen LogP contribution < -0.4 is 15.8 Å². The fourth-order valence-electron chi connectivity index (χ4n) is 2.08. The van der Waals surface area contributed by atoms with E-state index in [0.717, 1.165) is 6.07 Å². The number of amides is 1. The number of hydrogen-bond donors (Lipinski definition) is 3. The number of rotatable bonds is 3. The molecule has 0 aromatic heterocycles. The zero-order chi connectivity index (χ0) is 14.9. The summed E-state index contributed by atoms with van der Waals surface area (Å²) >= 11 is 0. The van der Waals surface area contributed by atoms with Crippen molar-refractivity contribution in [1.29, 1.82) is 0 Å². The minimum absolute atomic E-state index is 0.119. The molecule has 0 bridgehead atoms. The molecule has 0 saturated carbocycles. The van der Waals surface area contributed by atoms with E-state index in [9.17, 15) is 17.6 Å². The molecule has 4 N–H and O–H groups in total. The molecular formula is C12H16FN3O3S. The molecule has 2 rings (SSSR count). The van der Waals surface area contributed by atoms with Gasteiger partial charge in [0.2, 0.25) is 15.9 Å². The van der Waals surface area contributed by atoms with Gasteiger partial charge in [0.15, 0.2) is 0 Å². The van der Waals surface area contributed by atoms with Crippen molar-refractivity contribution in [2.75, 3.05) is 12.3 Å². The van der Waals surface area contributed by atoms with Crippen LogP contribution in [0.4, 0.5) is 10.1 Å². The number of halogens is 1. The molecule has 0 spiro atoms. The molecule has 6 nitrogen and oxygen atoms in total. The molecule has 1 aromatic carbocycles. The first-order valence-electron chi connectivity index (χ1n) is 6.14. The number of sulfonamides is 1. The van der Waals surface area contributed by atoms with E-state index in [1.54, 1.807) is 0 Å². The zero-order valence-corrected chi connectivity index (χ0v) is 11.8. The van der Waals surface area contributed by atoms with Crippen LogP contribution >= 0.6 is 0 Å². The molecular weight excluding hydrogens is 285 g/mol. The average Bonchev–Trinajstić information content (AvgIpc) is 2.36. The number of nitrogens with one attached hydrogen (secondary N) is 2. The predicted octanol–water partition coefficient (Wildman–Crippen LogP) is 0.273. The fraction of sp³-hybridized carbons (Fsp3) is 0.417. The Morgan fingerprint density at radius 1 is 1.45 bits per heavy atom. The highest BCUT2D eigenvalue weighted by Gasteiger charge is 2.27. The third-order valence-electron chi connectivity index (χ3n) is 3.12. The first kappa shape index (κ1) is 14.7. The van der Waals surface area contributed by atoms with Crippen molar-refractivity contribution in [3.05, 3.63) is 23.5 Å². The Morgan fingerprint density at radius 2 is 2.15 bits per heavy atom. The van der Waals surface area contributed by atoms with Crippen LogP contribution in [-0.2, 0) is 14.8 Å². The molecule has 20 heavy (non-hydrogen) atoms. The molecule has 1 amide bonds. The van der Waals surface area contributed by atoms with E-state index in [4.69, 9.17) is 5.73 Å². The fourth-order valence-corrected chi connectivity index (χ4v) is 3.53. The van der Waals surface area contributed by atoms with Gasteiger partial charge < -0.3 is 11.1 Å². The number of piperidine rings is 1. The lowest BCUT2D eigenvalue weighted by Gasteiger charge is -2.23. The molecule has 8 heteroatoms. The highest BCUT2D eigenvalue weighted by Crippen LogP contribution is 2.22. The molecule has 1 aliphatic heterocycles. The number of carbonyl (C=O) groups excluding carboxylic acids is 1. The Morgan fingerprint density at radius 3 is 2.75 bits per heavy atom. The predicted molar refractivity (Wildman–Crippen MR) is 71.9 cm³/mol. The number of anilines is 1. The van der Waals surface area contributed by atoms with Crippen molar-refractivity contribution in [2.24, 2.45) is 0 Å². The van der Waals surface area contributed by atoms with Gasteiger partial charge in [-0.25, -0.2) is 17.5 Å². The highest BCUT2D eigenvalue weighted by molar-refractivity contribution is 7.89. The van der Waals surface area contributed by atoms with E-state index >= 15 is 0 Å². The number of benzene rings is 1. The average molecular weight is 301 g/mol. The molecule has 0 aliphatic carbocycles. The van der Waals surface area contributed by atoms with Crippen LogP contribution in [0.25, 0.3) is 0 Å². The third kappa shape index (κ3) is 3.07. The summed E-state index contributed by atoms with van der Waals surface area (Å²) in [5.74, 6) is -0.932. The molecule has 1 atom stereocenters. The smallest absolute Gasteiger partial charge is 0.243 e. The van der Waals surface area contributed by atoms with Gasteiger partial charge in [0.05, 0.1) is 0 Å². The Balaban J connectivity index is 2.25. The molecule has 1 aromatic rings. The maximum absolute atomic E-state index is 13.9. The van der Waals surface area contributed by atoms with Gasteiger partial charge >= 0.3 is 0 Å². The second kappa shape index (κ2) is 5.37. The van der Waals surface area contributed by atoms with Crippen LogP contribution in [0.3, 0.4) is 0 Å². The lowest BCUT2D eigenvalue weighted by molar-refractivity contribution is -0.122. The number of hydrogen-bond acceptors (Lipinski definition) is 4. The van der Waals surface area contributed by atoms with Gasteiger partial charge in [0.1, 0.15) is 10.7 Å². The SMILES string of the molecule is Cc1cc(N)cc(S(=O)(=O)NC2CCC(=O)NC2)c1F. The van der Waals surface area contributed by atoms with Crippen LogP contribution in [0.2, 0.25) is 0 Å². The maximum atomic E-state index is 13.9. The molecule has 1 unspecified atom stereocenters. The number of nitrogen functional groups attached to an aromatic ring is 1. The van der Waals surface area contributed by atoms with E-state index in [1.165, 1.54) is 13.0 Å². The van der Waals surface area contributed by atoms with Crippen molar-refractivity contribution in [3.8, 4) is 0 Å². The molecule has 1 saturated heterocycles. The highest BCUT2D eigenvalue weighted by atomic mass is 32.2. The monoisotopic (exact) mass is 301 g/mol. The summed E-state index contributed by atoms with van der Waals surface area (Å²) in [7, 11) is -4.01. The largest absolute Gasteiger partial charge is 0.399 e. The van der Waals surface area contributed by atoms with Crippen molar-refractivity contribution in [2.45, 2.75) is 30.7 Å². The summed E-state index contributed by atoms with van der Waals surface area (Å²) < 4.78 is 40.7. The van der Waals surface area contributed by atoms with E-state index in [2.05, 4.69) is 10.0 Å². The summed E-state index contributed by atoms with van der Waals surface area (Å²) in [6.45, 7) is 1.65. The third-order valence-corrected chi connectivity index (χ3v) is 4.64. The van der Waals surface area contributed by atoms with E-state index in [0.29, 0.717) is 6.42 Å². The van der Waals surface area contributed by atoms with Crippen molar-refractivity contribution in [3.63, 3.8) is 0 Å². The number of aryl methyl sites for hydroxylation is 1. The van der Waals surface area contributed by atoms with Crippen LogP contribution in [0.1, 0.15) is 18.4 Å². The Bertz CT molecular complexity index is 636. The van der Waals surface area contributed by atoms with E-state index in [-0.39, 0.29) is 30.1 Å². The minimum Gasteiger partial charge on any atom is -0.399 e. The van der Waals surface area contributed by atoms with Crippen molar-refractivity contribution >= 4 is 21.6 Å². The van der Waals surface area contributed by atoms with Gasteiger partial charge in [-0.15, -0.1) is 0 Å². The Kier molecular flexibility index (Phi) is 3.96. The standard InChI is InChI=1S/C12H16FN3O3S/c1-7-4-8(14)5-10(12(7)13)20(18,19)16-9-2-3-11(17)15-6-9/h4-5,9,16H,2-3,6,14H2,1H3,(H,15,17). The number of carbonyl (C=O) groups is 1. The van der Waals surface area contributed by atoms with E-state index < -0.39 is 26.8 Å². The topological polar surface area (TPSA) is 101 Å². The second-order valence-electron chi connectivity index (χ2n) is 4.81. The molecule has 1 fully saturated rings. The summed E-state index contributed by atoms with van der Waals surface area (Å²) in [4.78, 5) is 10.6. The summed E-state index contributed by atoms with van der Waals surface area (Å²) in [6.07, 6.45) is 0.625. The van der Waals surface area contributed by atoms with Gasteiger partial charge in [-0.1, -0.05) is 0 Å². The van der Waals surface area contributed by atoms with Gasteiger partial charge in [-0.05, 0) is 31.0 Å². The van der Waals surface area contributed by atoms with Crippen molar-refractivity contribution < 1.29 is 17.6 Å². The van der Waals surface area contributed by atoms with Gasteiger partial charge in [0, 0.05) is 24.7 Å². The minimum atomic E-state index is -4.01. The quantitative estimate of drug-likeness (QED) is 0.698. The van der Waals surface area contributed by atoms with Gasteiger partial charge in [-0.3, -0.25) is 4.79 Å². The molecule has 1 aliphatic rings. The molecule has 110 valence electrons. The van der Waals surface area contributed by atoms with Crippen LogP contribution in [0.15, 0.2) is 17.0 Å². The van der Waals surface area contributed by atoms with Crippen LogP contribution in [-0.4, -0.2) is 26.9 Å². The van der Waals surface area contributed by atoms with Gasteiger partial charge in [0.25, 0.3) is 0 Å². The first-order chi connectivity index (χ1) is 9.29. The molecule has 1 heterocycles. The second-order valence-corrected chi connectivity index (χ2v) is 6.49. The van der Waals surface area contributed by atoms with Gasteiger partial charge in [-0.2, -0.15) is 0 Å². The summed E-state index contributed by atoms with van der Waals surface area (Å²) in [5, 5.41) is 2.56. The Hall–Kier alpha value is -1.67. The lowest BCUT2D eigenvalue weighted by atomic mass is 10.1. The van der Waals surface area contributed by atoms with Crippen molar-refractivity contribution in [1.82, 2.24) is 10.0 Å². The molecule has 0 radical (unpaired) electrons. The van der Waals surface area contributed by atoms with E-state index in [1.807, 2.05) is 0 Å². The lowest BCUT2D eigenvalue weighted by Crippen LogP contribution is -2.47.